The molecule has 3 rings (SSSR count). The first-order valence-corrected chi connectivity index (χ1v) is 7.15. The minimum absolute atomic E-state index is 0.0418. The number of ether oxygens (including phenoxy) is 1. The van der Waals surface area contributed by atoms with E-state index in [1.54, 1.807) is 19.2 Å². The summed E-state index contributed by atoms with van der Waals surface area (Å²) in [5.74, 6) is 0.416. The molecule has 0 bridgehead atoms. The maximum atomic E-state index is 12.6. The standard InChI is InChI=1S/C18H18O3/c1-21-14-9-6-13(7-10-14)17(19)16-11-8-12-4-2-3-5-15(12)18(16)20/h2-7,9-10,16-17,19H,8,11H2,1H3/t16-,17-/m1/s1. The highest BCUT2D eigenvalue weighted by Crippen LogP contribution is 2.34. The molecule has 0 radical (unpaired) electrons. The lowest BCUT2D eigenvalue weighted by molar-refractivity contribution is 0.0637. The number of ketones is 1. The molecule has 3 nitrogen and oxygen atoms in total. The van der Waals surface area contributed by atoms with Gasteiger partial charge in [0.2, 0.25) is 0 Å². The van der Waals surface area contributed by atoms with Crippen LogP contribution in [0.2, 0.25) is 0 Å². The monoisotopic (exact) mass is 282 g/mol. The van der Waals surface area contributed by atoms with Gasteiger partial charge in [-0.2, -0.15) is 0 Å². The first-order chi connectivity index (χ1) is 10.2. The van der Waals surface area contributed by atoms with Gasteiger partial charge in [-0.3, -0.25) is 4.79 Å². The number of aryl methyl sites for hydroxylation is 1. The van der Waals surface area contributed by atoms with E-state index in [9.17, 15) is 9.90 Å². The van der Waals surface area contributed by atoms with Gasteiger partial charge < -0.3 is 9.84 Å². The van der Waals surface area contributed by atoms with E-state index in [-0.39, 0.29) is 11.7 Å². The fourth-order valence-corrected chi connectivity index (χ4v) is 2.96. The van der Waals surface area contributed by atoms with E-state index in [0.717, 1.165) is 28.9 Å². The largest absolute Gasteiger partial charge is 0.497 e. The zero-order chi connectivity index (χ0) is 14.8. The number of carbonyl (C=O) groups excluding carboxylic acids is 1. The number of carbonyl (C=O) groups is 1. The van der Waals surface area contributed by atoms with Crippen molar-refractivity contribution in [2.75, 3.05) is 7.11 Å². The van der Waals surface area contributed by atoms with Gasteiger partial charge in [-0.05, 0) is 36.1 Å². The Balaban J connectivity index is 1.85. The summed E-state index contributed by atoms with van der Waals surface area (Å²) < 4.78 is 5.11. The van der Waals surface area contributed by atoms with Crippen molar-refractivity contribution < 1.29 is 14.6 Å². The van der Waals surface area contributed by atoms with E-state index in [0.29, 0.717) is 6.42 Å². The molecule has 0 amide bonds. The first kappa shape index (κ1) is 13.8. The van der Waals surface area contributed by atoms with E-state index in [2.05, 4.69) is 0 Å². The van der Waals surface area contributed by atoms with Gasteiger partial charge in [0, 0.05) is 5.56 Å². The van der Waals surface area contributed by atoms with Crippen molar-refractivity contribution in [2.45, 2.75) is 18.9 Å². The topological polar surface area (TPSA) is 46.5 Å². The number of rotatable bonds is 3. The average molecular weight is 282 g/mol. The molecule has 0 heterocycles. The third-order valence-corrected chi connectivity index (χ3v) is 4.18. The van der Waals surface area contributed by atoms with Crippen LogP contribution in [-0.2, 0) is 6.42 Å². The van der Waals surface area contributed by atoms with Crippen molar-refractivity contribution >= 4 is 5.78 Å². The zero-order valence-corrected chi connectivity index (χ0v) is 12.0. The Kier molecular flexibility index (Phi) is 3.76. The molecule has 0 saturated heterocycles. The highest BCUT2D eigenvalue weighted by atomic mass is 16.5. The van der Waals surface area contributed by atoms with Crippen LogP contribution >= 0.6 is 0 Å². The Labute approximate surface area is 124 Å². The lowest BCUT2D eigenvalue weighted by Gasteiger charge is -2.27. The van der Waals surface area contributed by atoms with E-state index in [1.165, 1.54) is 0 Å². The van der Waals surface area contributed by atoms with Crippen molar-refractivity contribution in [2.24, 2.45) is 5.92 Å². The summed E-state index contributed by atoms with van der Waals surface area (Å²) in [7, 11) is 1.60. The van der Waals surface area contributed by atoms with E-state index in [4.69, 9.17) is 4.74 Å². The van der Waals surface area contributed by atoms with Gasteiger partial charge in [0.25, 0.3) is 0 Å². The molecule has 0 aliphatic heterocycles. The Morgan fingerprint density at radius 3 is 2.57 bits per heavy atom. The van der Waals surface area contributed by atoms with Crippen LogP contribution in [0.15, 0.2) is 48.5 Å². The van der Waals surface area contributed by atoms with Gasteiger partial charge in [-0.1, -0.05) is 36.4 Å². The maximum Gasteiger partial charge on any atom is 0.169 e. The van der Waals surface area contributed by atoms with Crippen molar-refractivity contribution in [3.8, 4) is 5.75 Å². The number of methoxy groups -OCH3 is 1. The number of hydrogen-bond donors (Lipinski definition) is 1. The van der Waals surface area contributed by atoms with Crippen LogP contribution in [-0.4, -0.2) is 18.0 Å². The maximum absolute atomic E-state index is 12.6. The highest BCUT2D eigenvalue weighted by molar-refractivity contribution is 6.00. The van der Waals surface area contributed by atoms with Crippen LogP contribution in [0.5, 0.6) is 5.75 Å². The van der Waals surface area contributed by atoms with Crippen molar-refractivity contribution in [1.29, 1.82) is 0 Å². The number of benzene rings is 2. The van der Waals surface area contributed by atoms with Gasteiger partial charge >= 0.3 is 0 Å². The lowest BCUT2D eigenvalue weighted by atomic mass is 9.78. The van der Waals surface area contributed by atoms with Crippen LogP contribution in [0.25, 0.3) is 0 Å². The molecule has 1 aliphatic carbocycles. The Morgan fingerprint density at radius 1 is 1.14 bits per heavy atom. The SMILES string of the molecule is COc1ccc([C@@H](O)[C@H]2CCc3ccccc3C2=O)cc1. The number of aliphatic hydroxyl groups is 1. The zero-order valence-electron chi connectivity index (χ0n) is 12.0. The smallest absolute Gasteiger partial charge is 0.169 e. The molecule has 0 aromatic heterocycles. The van der Waals surface area contributed by atoms with E-state index in [1.807, 2.05) is 36.4 Å². The Bertz CT molecular complexity index is 646. The predicted octanol–water partition coefficient (Wildman–Crippen LogP) is 3.17. The van der Waals surface area contributed by atoms with Crippen molar-refractivity contribution in [3.63, 3.8) is 0 Å². The van der Waals surface area contributed by atoms with Gasteiger partial charge in [-0.15, -0.1) is 0 Å². The molecule has 0 saturated carbocycles. The quantitative estimate of drug-likeness (QED) is 0.940. The summed E-state index contributed by atoms with van der Waals surface area (Å²) in [6.07, 6.45) is 0.750. The molecule has 108 valence electrons. The molecule has 0 spiro atoms. The molecule has 21 heavy (non-hydrogen) atoms. The molecule has 1 aliphatic rings. The fourth-order valence-electron chi connectivity index (χ4n) is 2.96. The summed E-state index contributed by atoms with van der Waals surface area (Å²) in [6.45, 7) is 0. The van der Waals surface area contributed by atoms with Crippen LogP contribution in [0.4, 0.5) is 0 Å². The van der Waals surface area contributed by atoms with E-state index < -0.39 is 6.10 Å². The summed E-state index contributed by atoms with van der Waals surface area (Å²) in [5, 5.41) is 10.5. The minimum atomic E-state index is -0.767. The van der Waals surface area contributed by atoms with Crippen LogP contribution in [0, 0.1) is 5.92 Å². The first-order valence-electron chi connectivity index (χ1n) is 7.15. The number of aliphatic hydroxyl groups excluding tert-OH is 1. The molecule has 2 aromatic carbocycles. The number of Topliss-reactive ketones (excluding diaryl/α,β-unsaturated/α-hetero) is 1. The predicted molar refractivity (Wildman–Crippen MR) is 80.5 cm³/mol. The Hall–Kier alpha value is -2.13. The van der Waals surface area contributed by atoms with Gasteiger partial charge in [-0.25, -0.2) is 0 Å². The Morgan fingerprint density at radius 2 is 1.86 bits per heavy atom. The molecular formula is C18H18O3. The summed E-state index contributed by atoms with van der Waals surface area (Å²) in [4.78, 5) is 12.6. The van der Waals surface area contributed by atoms with Gasteiger partial charge in [0.15, 0.2) is 5.78 Å². The fraction of sp³-hybridized carbons (Fsp3) is 0.278. The molecule has 2 atom stereocenters. The second-order valence-corrected chi connectivity index (χ2v) is 5.38. The van der Waals surface area contributed by atoms with Gasteiger partial charge in [0.1, 0.15) is 5.75 Å². The van der Waals surface area contributed by atoms with Crippen LogP contribution < -0.4 is 4.74 Å². The average Bonchev–Trinajstić information content (AvgIpc) is 2.55. The third-order valence-electron chi connectivity index (χ3n) is 4.18. The molecule has 1 N–H and O–H groups in total. The number of fused-ring (bicyclic) bond motifs is 1. The second kappa shape index (κ2) is 5.70. The number of hydrogen-bond acceptors (Lipinski definition) is 3. The van der Waals surface area contributed by atoms with Crippen molar-refractivity contribution in [1.82, 2.24) is 0 Å². The van der Waals surface area contributed by atoms with Gasteiger partial charge in [0.05, 0.1) is 19.1 Å². The molecule has 2 aromatic rings. The molecular weight excluding hydrogens is 264 g/mol. The minimum Gasteiger partial charge on any atom is -0.497 e. The lowest BCUT2D eigenvalue weighted by Crippen LogP contribution is -2.28. The van der Waals surface area contributed by atoms with E-state index >= 15 is 0 Å². The molecule has 3 heteroatoms. The highest BCUT2D eigenvalue weighted by Gasteiger charge is 2.33. The third kappa shape index (κ3) is 2.57. The molecule has 0 fully saturated rings. The molecule has 0 unspecified atom stereocenters. The van der Waals surface area contributed by atoms with Crippen LogP contribution in [0.1, 0.15) is 34.0 Å². The summed E-state index contributed by atoms with van der Waals surface area (Å²) >= 11 is 0. The summed E-state index contributed by atoms with van der Waals surface area (Å²) in [5.41, 5.74) is 2.59. The van der Waals surface area contributed by atoms with Crippen molar-refractivity contribution in [3.05, 3.63) is 65.2 Å². The second-order valence-electron chi connectivity index (χ2n) is 5.38. The normalized spacial score (nSPS) is 19.0. The van der Waals surface area contributed by atoms with Crippen LogP contribution in [0.3, 0.4) is 0 Å². The summed E-state index contributed by atoms with van der Waals surface area (Å²) in [6, 6.07) is 14.9.